The Kier molecular flexibility index (Phi) is 11.2. The second kappa shape index (κ2) is 10.7. The summed E-state index contributed by atoms with van der Waals surface area (Å²) in [6.07, 6.45) is -7.93. The Morgan fingerprint density at radius 3 is 1.16 bits per heavy atom. The molecule has 0 aromatic carbocycles. The summed E-state index contributed by atoms with van der Waals surface area (Å²) in [5.41, 5.74) is 0. The first-order chi connectivity index (χ1) is 15.2. The first-order valence-corrected chi connectivity index (χ1v) is 9.61. The van der Waals surface area contributed by atoms with Gasteiger partial charge in [0.25, 0.3) is 10.0 Å². The van der Waals surface area contributed by atoms with E-state index in [0.29, 0.717) is 13.8 Å². The number of hydrogen-bond acceptors (Lipinski definition) is 4. The van der Waals surface area contributed by atoms with E-state index in [1.165, 1.54) is 0 Å². The molecular formula is C13H9F17KNO4S. The predicted molar refractivity (Wildman–Crippen MR) is 76.5 cm³/mol. The average Bonchev–Trinajstić information content (AvgIpc) is 2.63. The minimum atomic E-state index is -8.96. The topological polar surface area (TPSA) is 77.5 Å². The van der Waals surface area contributed by atoms with Crippen LogP contribution in [-0.4, -0.2) is 78.2 Å². The van der Waals surface area contributed by atoms with Crippen LogP contribution in [0, 0.1) is 0 Å². The molecule has 0 N–H and O–H groups in total. The van der Waals surface area contributed by atoms with Gasteiger partial charge in [-0.3, -0.25) is 0 Å². The first-order valence-electron chi connectivity index (χ1n) is 8.17. The number of rotatable bonds is 11. The number of carboxylic acid groups (broad SMARTS) is 1. The number of alkyl halides is 17. The molecule has 0 aromatic rings. The molecule has 216 valence electrons. The number of carbonyl (C=O) groups excluding carboxylic acids is 1. The summed E-state index contributed by atoms with van der Waals surface area (Å²) in [4.78, 5) is 10.4. The molecule has 0 unspecified atom stereocenters. The van der Waals surface area contributed by atoms with Crippen molar-refractivity contribution < 1.29 is 144 Å². The molecule has 5 nitrogen and oxygen atoms in total. The van der Waals surface area contributed by atoms with Gasteiger partial charge in [-0.2, -0.15) is 78.9 Å². The minimum absolute atomic E-state index is 0. The maximum Gasteiger partial charge on any atom is 1.00 e. The molecule has 0 aromatic heterocycles. The molecule has 0 aliphatic heterocycles. The summed E-state index contributed by atoms with van der Waals surface area (Å²) in [6, 6.07) is -2.24. The Labute approximate surface area is 236 Å². The number of carbonyl (C=O) groups is 1. The van der Waals surface area contributed by atoms with E-state index in [4.69, 9.17) is 0 Å². The van der Waals surface area contributed by atoms with Crippen molar-refractivity contribution in [1.29, 1.82) is 0 Å². The Balaban J connectivity index is 0. The largest absolute Gasteiger partial charge is 1.00 e. The molecule has 0 heterocycles. The maximum absolute atomic E-state index is 14.0. The van der Waals surface area contributed by atoms with E-state index in [0.717, 1.165) is 0 Å². The van der Waals surface area contributed by atoms with Gasteiger partial charge in [-0.25, -0.2) is 8.42 Å². The van der Waals surface area contributed by atoms with Crippen LogP contribution in [0.25, 0.3) is 0 Å². The summed E-state index contributed by atoms with van der Waals surface area (Å²) in [7, 11) is -7.67. The van der Waals surface area contributed by atoms with Crippen molar-refractivity contribution in [2.75, 3.05) is 6.54 Å². The minimum Gasteiger partial charge on any atom is -0.549 e. The third-order valence-corrected chi connectivity index (χ3v) is 6.26. The SMILES string of the molecule is CC(C)N(CC(=O)[O-])S(=O)(=O)C(F)(F)C(F)(F)C(F)(F)C(F)(F)C(F)(F)C(F)(F)C(F)(F)C(F)(F)F.[K+]. The predicted octanol–water partition coefficient (Wildman–Crippen LogP) is 0.747. The zero-order valence-electron chi connectivity index (χ0n) is 17.7. The fraction of sp³-hybridized carbons (Fsp3) is 0.923. The molecule has 0 bridgehead atoms. The van der Waals surface area contributed by atoms with Gasteiger partial charge in [-0.05, 0) is 13.8 Å². The van der Waals surface area contributed by atoms with Crippen LogP contribution in [0.2, 0.25) is 0 Å². The normalized spacial score (nSPS) is 15.7. The van der Waals surface area contributed by atoms with Gasteiger partial charge in [0.1, 0.15) is 0 Å². The summed E-state index contributed by atoms with van der Waals surface area (Å²) in [5, 5.41) is 2.63. The van der Waals surface area contributed by atoms with Crippen LogP contribution in [0.1, 0.15) is 13.8 Å². The molecular weight excluding hydrogens is 628 g/mol. The van der Waals surface area contributed by atoms with Crippen molar-refractivity contribution in [1.82, 2.24) is 4.31 Å². The van der Waals surface area contributed by atoms with E-state index in [1.54, 1.807) is 0 Å². The number of hydrogen-bond donors (Lipinski definition) is 0. The van der Waals surface area contributed by atoms with Crippen LogP contribution in [0.4, 0.5) is 74.6 Å². The number of sulfonamides is 1. The Morgan fingerprint density at radius 2 is 0.919 bits per heavy atom. The van der Waals surface area contributed by atoms with Gasteiger partial charge >= 0.3 is 98.4 Å². The third kappa shape index (κ3) is 5.57. The van der Waals surface area contributed by atoms with Crippen LogP contribution >= 0.6 is 0 Å². The van der Waals surface area contributed by atoms with Crippen LogP contribution in [0.3, 0.4) is 0 Å². The fourth-order valence-electron chi connectivity index (χ4n) is 2.13. The van der Waals surface area contributed by atoms with Crippen molar-refractivity contribution in [2.24, 2.45) is 0 Å². The second-order valence-corrected chi connectivity index (χ2v) is 8.91. The van der Waals surface area contributed by atoms with Gasteiger partial charge in [0.15, 0.2) is 0 Å². The van der Waals surface area contributed by atoms with Gasteiger partial charge in [-0.15, -0.1) is 0 Å². The van der Waals surface area contributed by atoms with Crippen molar-refractivity contribution in [3.63, 3.8) is 0 Å². The summed E-state index contributed by atoms with van der Waals surface area (Å²) in [5.74, 6) is -55.0. The number of nitrogens with zero attached hydrogens (tertiary/aromatic N) is 1. The van der Waals surface area contributed by atoms with E-state index >= 15 is 0 Å². The van der Waals surface area contributed by atoms with E-state index in [2.05, 4.69) is 0 Å². The molecule has 0 aliphatic rings. The monoisotopic (exact) mass is 637 g/mol. The standard InChI is InChI=1S/C13H10F17NO4S.K/c1-4(2)31(3-5(32)33)36(34,35)13(29,30)11(24,25)9(20,21)7(16,17)6(14,15)8(18,19)10(22,23)12(26,27)28;/h4H,3H2,1-2H3,(H,32,33);/q;+1/p-1. The maximum atomic E-state index is 14.0. The molecule has 0 saturated carbocycles. The molecule has 24 heteroatoms. The van der Waals surface area contributed by atoms with Gasteiger partial charge in [-0.1, -0.05) is 0 Å². The Hall–Kier alpha value is -0.174. The zero-order valence-corrected chi connectivity index (χ0v) is 21.6. The number of halogens is 17. The van der Waals surface area contributed by atoms with Gasteiger partial charge in [0.05, 0.1) is 12.5 Å². The van der Waals surface area contributed by atoms with Crippen molar-refractivity contribution in [3.8, 4) is 0 Å². The molecule has 0 spiro atoms. The van der Waals surface area contributed by atoms with Crippen LogP contribution in [0.15, 0.2) is 0 Å². The summed E-state index contributed by atoms with van der Waals surface area (Å²) in [6.45, 7) is -1.62. The number of aliphatic carboxylic acids is 1. The molecule has 0 atom stereocenters. The Morgan fingerprint density at radius 1 is 0.649 bits per heavy atom. The van der Waals surface area contributed by atoms with E-state index in [9.17, 15) is 93.0 Å². The molecule has 0 fully saturated rings. The first kappa shape index (κ1) is 39.0. The van der Waals surface area contributed by atoms with Gasteiger partial charge < -0.3 is 9.90 Å². The smallest absolute Gasteiger partial charge is 0.549 e. The van der Waals surface area contributed by atoms with Gasteiger partial charge in [0, 0.05) is 6.04 Å². The third-order valence-electron chi connectivity index (χ3n) is 4.19. The van der Waals surface area contributed by atoms with E-state index in [1.807, 2.05) is 0 Å². The van der Waals surface area contributed by atoms with Crippen LogP contribution in [-0.2, 0) is 14.8 Å². The summed E-state index contributed by atoms with van der Waals surface area (Å²) >= 11 is 0. The van der Waals surface area contributed by atoms with Gasteiger partial charge in [0.2, 0.25) is 0 Å². The van der Waals surface area contributed by atoms with Crippen molar-refractivity contribution in [2.45, 2.75) is 66.9 Å². The molecule has 0 saturated heterocycles. The van der Waals surface area contributed by atoms with Crippen LogP contribution in [0.5, 0.6) is 0 Å². The number of carboxylic acids is 1. The molecule has 0 amide bonds. The van der Waals surface area contributed by atoms with Crippen LogP contribution < -0.4 is 56.5 Å². The molecule has 0 radical (unpaired) electrons. The Bertz CT molecular complexity index is 947. The van der Waals surface area contributed by atoms with E-state index < -0.39 is 79.9 Å². The molecule has 37 heavy (non-hydrogen) atoms. The average molecular weight is 637 g/mol. The molecule has 0 rings (SSSR count). The zero-order chi connectivity index (χ0) is 29.9. The summed E-state index contributed by atoms with van der Waals surface area (Å²) < 4.78 is 247. The fourth-order valence-corrected chi connectivity index (χ4v) is 3.71. The van der Waals surface area contributed by atoms with E-state index in [-0.39, 0.29) is 51.4 Å². The quantitative estimate of drug-likeness (QED) is 0.248. The van der Waals surface area contributed by atoms with Crippen molar-refractivity contribution in [3.05, 3.63) is 0 Å². The second-order valence-electron chi connectivity index (χ2n) is 6.98. The van der Waals surface area contributed by atoms with Crippen molar-refractivity contribution >= 4 is 16.0 Å². The molecule has 0 aliphatic carbocycles.